The second-order valence-electron chi connectivity index (χ2n) is 5.79. The van der Waals surface area contributed by atoms with Crippen LogP contribution >= 0.6 is 0 Å². The molecule has 0 heterocycles. The van der Waals surface area contributed by atoms with Crippen LogP contribution in [-0.2, 0) is 32.9 Å². The van der Waals surface area contributed by atoms with E-state index in [2.05, 4.69) is 19.9 Å². The number of hydrogen-bond donors (Lipinski definition) is 0. The molecule has 0 aliphatic heterocycles. The summed E-state index contributed by atoms with van der Waals surface area (Å²) < 4.78 is 31.4. The first-order valence-electron chi connectivity index (χ1n) is 6.80. The van der Waals surface area contributed by atoms with E-state index in [0.717, 1.165) is 32.3 Å². The van der Waals surface area contributed by atoms with Crippen molar-refractivity contribution in [3.05, 3.63) is 35.4 Å². The van der Waals surface area contributed by atoms with Gasteiger partial charge in [-0.05, 0) is 36.3 Å². The first kappa shape index (κ1) is 19.8. The minimum atomic E-state index is -0.640. The smallest absolute Gasteiger partial charge is 0.137 e. The van der Waals surface area contributed by atoms with E-state index < -0.39 is 11.6 Å². The van der Waals surface area contributed by atoms with Gasteiger partial charge in [-0.1, -0.05) is 32.8 Å². The Morgan fingerprint density at radius 2 is 1.85 bits per heavy atom. The van der Waals surface area contributed by atoms with Crippen molar-refractivity contribution < 1.29 is 35.2 Å². The maximum atomic E-state index is 13.6. The van der Waals surface area contributed by atoms with Crippen molar-refractivity contribution in [3.8, 4) is 0 Å². The average molecular weight is 317 g/mol. The van der Waals surface area contributed by atoms with Crippen LogP contribution in [0, 0.1) is 23.1 Å². The first-order chi connectivity index (χ1) is 8.94. The molecule has 1 aromatic rings. The van der Waals surface area contributed by atoms with E-state index >= 15 is 0 Å². The third kappa shape index (κ3) is 7.51. The molecule has 1 nitrogen and oxygen atoms in total. The molecule has 0 spiro atoms. The molecule has 111 valence electrons. The van der Waals surface area contributed by atoms with Crippen LogP contribution in [0.3, 0.4) is 0 Å². The summed E-state index contributed by atoms with van der Waals surface area (Å²) in [7, 11) is 1.71. The predicted molar refractivity (Wildman–Crippen MR) is 73.0 cm³/mol. The minimum absolute atomic E-state index is 0. The molecule has 0 bridgehead atoms. The summed E-state index contributed by atoms with van der Waals surface area (Å²) in [6, 6.07) is 4.89. The molecule has 0 aliphatic rings. The first-order valence-corrected chi connectivity index (χ1v) is 6.80. The molecule has 0 amide bonds. The second kappa shape index (κ2) is 9.65. The third-order valence-corrected chi connectivity index (χ3v) is 3.31. The molecule has 0 unspecified atom stereocenters. The number of hydrogen-bond acceptors (Lipinski definition) is 1. The summed E-state index contributed by atoms with van der Waals surface area (Å²) in [6.07, 6.45) is 4.91. The average Bonchev–Trinajstić information content (AvgIpc) is 2.32. The SMILES string of the molecule is COCCCCCC(C)(C)Cc1ccc(F)[c]c1F.[Ti]. The molecular weight excluding hydrogens is 294 g/mol. The molecular formula is C16H23F2OTi. The molecule has 0 N–H and O–H groups in total. The summed E-state index contributed by atoms with van der Waals surface area (Å²) in [5, 5.41) is 0. The van der Waals surface area contributed by atoms with Gasteiger partial charge in [-0.15, -0.1) is 0 Å². The van der Waals surface area contributed by atoms with Gasteiger partial charge in [0.2, 0.25) is 0 Å². The van der Waals surface area contributed by atoms with Crippen LogP contribution in [0.5, 0.6) is 0 Å². The van der Waals surface area contributed by atoms with Crippen molar-refractivity contribution in [2.75, 3.05) is 13.7 Å². The zero-order chi connectivity index (χ0) is 14.3. The van der Waals surface area contributed by atoms with Gasteiger partial charge < -0.3 is 4.74 Å². The largest absolute Gasteiger partial charge is 0.385 e. The number of benzene rings is 1. The molecule has 0 saturated heterocycles. The maximum Gasteiger partial charge on any atom is 0.137 e. The number of unbranched alkanes of at least 4 members (excludes halogenated alkanes) is 2. The van der Waals surface area contributed by atoms with E-state index in [1.54, 1.807) is 7.11 Å². The van der Waals surface area contributed by atoms with Gasteiger partial charge in [0, 0.05) is 35.4 Å². The number of rotatable bonds is 8. The zero-order valence-corrected chi connectivity index (χ0v) is 14.1. The van der Waals surface area contributed by atoms with E-state index in [0.29, 0.717) is 12.0 Å². The van der Waals surface area contributed by atoms with Gasteiger partial charge in [0.1, 0.15) is 11.6 Å². The van der Waals surface area contributed by atoms with Crippen LogP contribution in [0.15, 0.2) is 12.1 Å². The van der Waals surface area contributed by atoms with Crippen LogP contribution in [0.4, 0.5) is 8.78 Å². The molecule has 1 aromatic carbocycles. The molecule has 0 atom stereocenters. The van der Waals surface area contributed by atoms with Crippen molar-refractivity contribution >= 4 is 0 Å². The Morgan fingerprint density at radius 3 is 2.45 bits per heavy atom. The summed E-state index contributed by atoms with van der Waals surface area (Å²) in [5.74, 6) is -1.20. The maximum absolute atomic E-state index is 13.6. The fourth-order valence-electron chi connectivity index (χ4n) is 2.24. The Morgan fingerprint density at radius 1 is 1.15 bits per heavy atom. The molecule has 20 heavy (non-hydrogen) atoms. The Hall–Kier alpha value is -0.246. The normalized spacial score (nSPS) is 11.2. The second-order valence-corrected chi connectivity index (χ2v) is 5.79. The van der Waals surface area contributed by atoms with Crippen molar-refractivity contribution in [3.63, 3.8) is 0 Å². The van der Waals surface area contributed by atoms with Crippen LogP contribution in [0.1, 0.15) is 45.1 Å². The molecule has 0 fully saturated rings. The molecule has 4 heteroatoms. The van der Waals surface area contributed by atoms with Gasteiger partial charge in [-0.25, -0.2) is 8.78 Å². The van der Waals surface area contributed by atoms with Crippen molar-refractivity contribution in [1.29, 1.82) is 0 Å². The standard InChI is InChI=1S/C16H23F2O.Ti/c1-16(2,9-5-4-6-10-19-3)12-13-7-8-14(17)11-15(13)18;/h7-8H,4-6,9-10,12H2,1-3H3;. The van der Waals surface area contributed by atoms with Crippen LogP contribution in [-0.4, -0.2) is 13.7 Å². The fourth-order valence-corrected chi connectivity index (χ4v) is 2.24. The number of methoxy groups -OCH3 is 1. The summed E-state index contributed by atoms with van der Waals surface area (Å²) >= 11 is 0. The Labute approximate surface area is 136 Å². The predicted octanol–water partition coefficient (Wildman–Crippen LogP) is 4.54. The fraction of sp³-hybridized carbons (Fsp3) is 0.625. The van der Waals surface area contributed by atoms with E-state index in [9.17, 15) is 8.78 Å². The van der Waals surface area contributed by atoms with Crippen LogP contribution < -0.4 is 0 Å². The molecule has 1 rings (SSSR count). The van der Waals surface area contributed by atoms with Crippen LogP contribution in [0.2, 0.25) is 0 Å². The summed E-state index contributed by atoms with van der Waals surface area (Å²) in [6.45, 7) is 5.03. The Kier molecular flexibility index (Phi) is 9.53. The van der Waals surface area contributed by atoms with Gasteiger partial charge in [0.25, 0.3) is 0 Å². The monoisotopic (exact) mass is 317 g/mol. The van der Waals surface area contributed by atoms with Gasteiger partial charge in [0.15, 0.2) is 0 Å². The van der Waals surface area contributed by atoms with Crippen molar-refractivity contribution in [1.82, 2.24) is 0 Å². The molecule has 0 saturated carbocycles. The van der Waals surface area contributed by atoms with Gasteiger partial charge in [-0.3, -0.25) is 0 Å². The van der Waals surface area contributed by atoms with E-state index in [4.69, 9.17) is 4.74 Å². The third-order valence-electron chi connectivity index (χ3n) is 3.31. The van der Waals surface area contributed by atoms with Crippen LogP contribution in [0.25, 0.3) is 0 Å². The minimum Gasteiger partial charge on any atom is -0.385 e. The van der Waals surface area contributed by atoms with Crippen molar-refractivity contribution in [2.24, 2.45) is 5.41 Å². The van der Waals surface area contributed by atoms with Crippen molar-refractivity contribution in [2.45, 2.75) is 46.0 Å². The van der Waals surface area contributed by atoms with Gasteiger partial charge >= 0.3 is 0 Å². The molecule has 0 aliphatic carbocycles. The summed E-state index contributed by atoms with van der Waals surface area (Å²) in [4.78, 5) is 0. The van der Waals surface area contributed by atoms with Gasteiger partial charge in [0.05, 0.1) is 6.07 Å². The quantitative estimate of drug-likeness (QED) is 0.505. The Bertz CT molecular complexity index is 394. The van der Waals surface area contributed by atoms with E-state index in [1.165, 1.54) is 12.1 Å². The van der Waals surface area contributed by atoms with E-state index in [1.807, 2.05) is 0 Å². The number of halogens is 2. The summed E-state index contributed by atoms with van der Waals surface area (Å²) in [5.41, 5.74) is 0.558. The van der Waals surface area contributed by atoms with Gasteiger partial charge in [-0.2, -0.15) is 0 Å². The molecule has 0 aromatic heterocycles. The zero-order valence-electron chi connectivity index (χ0n) is 12.6. The Balaban J connectivity index is 0.00000361. The topological polar surface area (TPSA) is 9.23 Å². The van der Waals surface area contributed by atoms with E-state index in [-0.39, 0.29) is 27.1 Å². The number of ether oxygens (including phenoxy) is 1. The molecule has 1 radical (unpaired) electrons.